The van der Waals surface area contributed by atoms with E-state index in [2.05, 4.69) is 262 Å². The van der Waals surface area contributed by atoms with Gasteiger partial charge in [0, 0.05) is 0 Å². The van der Waals surface area contributed by atoms with Crippen molar-refractivity contribution in [2.24, 2.45) is 0 Å². The molecule has 0 bridgehead atoms. The predicted molar refractivity (Wildman–Crippen MR) is 315 cm³/mol. The molecule has 0 saturated carbocycles. The molecule has 0 N–H and O–H groups in total. The van der Waals surface area contributed by atoms with Gasteiger partial charge >= 0.3 is 0 Å². The van der Waals surface area contributed by atoms with Gasteiger partial charge in [-0.15, -0.1) is 0 Å². The van der Waals surface area contributed by atoms with E-state index in [0.717, 1.165) is 0 Å². The average molecular weight is 927 g/mol. The van der Waals surface area contributed by atoms with Crippen LogP contribution in [0.1, 0.15) is 101 Å². The number of hydrogen-bond acceptors (Lipinski definition) is 0. The standard InChI is InChI=1S/C72H62/c1-43(2)47-17-25-51(26-18-47)63-39-71-61-35-33-55(37-67(61)65(53-29-21-49(22-30-53)45(5)6)41-69(71)59-15-11-9-13-57(59)63)56-34-36-62-68(38-56)66(54-31-23-50(24-32-54)46(7)8)42-70-60-16-12-10-14-58(60)64(40-72(62)70)52-27-19-48(20-28-52)44(3)4/h9-46H,1-8H3. The van der Waals surface area contributed by atoms with Gasteiger partial charge in [0.1, 0.15) is 0 Å². The van der Waals surface area contributed by atoms with Gasteiger partial charge in [-0.2, -0.15) is 0 Å². The Kier molecular flexibility index (Phi) is 11.4. The minimum absolute atomic E-state index is 0.459. The van der Waals surface area contributed by atoms with E-state index in [1.165, 1.54) is 143 Å². The molecule has 0 heterocycles. The Bertz CT molecular complexity index is 3760. The summed E-state index contributed by atoms with van der Waals surface area (Å²) in [6.07, 6.45) is 0. The molecule has 0 heteroatoms. The number of fused-ring (bicyclic) bond motifs is 10. The fraction of sp³-hybridized carbons (Fsp3) is 0.167. The van der Waals surface area contributed by atoms with E-state index in [4.69, 9.17) is 0 Å². The first-order chi connectivity index (χ1) is 35.0. The largest absolute Gasteiger partial charge is 0.0616 e. The molecule has 0 amide bonds. The molecule has 0 nitrogen and oxygen atoms in total. The van der Waals surface area contributed by atoms with Crippen LogP contribution in [0.15, 0.2) is 206 Å². The monoisotopic (exact) mass is 926 g/mol. The van der Waals surface area contributed by atoms with Gasteiger partial charge in [0.2, 0.25) is 0 Å². The summed E-state index contributed by atoms with van der Waals surface area (Å²) in [5, 5.41) is 15.3. The van der Waals surface area contributed by atoms with Crippen molar-refractivity contribution in [2.75, 3.05) is 0 Å². The van der Waals surface area contributed by atoms with Crippen LogP contribution in [0, 0.1) is 0 Å². The fourth-order valence-electron chi connectivity index (χ4n) is 11.5. The molecule has 0 radical (unpaired) electrons. The van der Waals surface area contributed by atoms with E-state index in [1.807, 2.05) is 0 Å². The van der Waals surface area contributed by atoms with Crippen molar-refractivity contribution < 1.29 is 0 Å². The molecule has 0 fully saturated rings. The summed E-state index contributed by atoms with van der Waals surface area (Å²) in [5.74, 6) is 1.88. The molecule has 12 aromatic carbocycles. The summed E-state index contributed by atoms with van der Waals surface area (Å²) >= 11 is 0. The van der Waals surface area contributed by atoms with Crippen LogP contribution in [0.2, 0.25) is 0 Å². The van der Waals surface area contributed by atoms with Gasteiger partial charge < -0.3 is 0 Å². The van der Waals surface area contributed by atoms with Gasteiger partial charge in [-0.3, -0.25) is 0 Å². The maximum atomic E-state index is 2.48. The molecule has 0 saturated heterocycles. The van der Waals surface area contributed by atoms with Crippen LogP contribution in [0.25, 0.3) is 120 Å². The normalized spacial score (nSPS) is 12.1. The topological polar surface area (TPSA) is 0 Å². The van der Waals surface area contributed by atoms with Gasteiger partial charge in [-0.05, 0) is 203 Å². The summed E-state index contributed by atoms with van der Waals surface area (Å²) < 4.78 is 0. The van der Waals surface area contributed by atoms with Crippen molar-refractivity contribution in [3.05, 3.63) is 229 Å². The van der Waals surface area contributed by atoms with Gasteiger partial charge in [-0.25, -0.2) is 0 Å². The van der Waals surface area contributed by atoms with Crippen LogP contribution >= 0.6 is 0 Å². The molecular formula is C72H62. The van der Waals surface area contributed by atoms with Gasteiger partial charge in [-0.1, -0.05) is 225 Å². The molecule has 12 rings (SSSR count). The highest BCUT2D eigenvalue weighted by atomic mass is 14.2. The molecule has 0 spiro atoms. The zero-order valence-electron chi connectivity index (χ0n) is 42.9. The molecule has 12 aromatic rings. The second-order valence-corrected chi connectivity index (χ2v) is 21.6. The van der Waals surface area contributed by atoms with Crippen molar-refractivity contribution >= 4 is 64.6 Å². The number of rotatable bonds is 9. The Morgan fingerprint density at radius 2 is 0.403 bits per heavy atom. The summed E-state index contributed by atoms with van der Waals surface area (Å²) in [4.78, 5) is 0. The molecule has 72 heavy (non-hydrogen) atoms. The Balaban J connectivity index is 1.11. The molecule has 0 aliphatic rings. The Labute approximate surface area is 425 Å². The first-order valence-electron chi connectivity index (χ1n) is 26.2. The Hall–Kier alpha value is -7.80. The third-order valence-corrected chi connectivity index (χ3v) is 15.8. The second kappa shape index (κ2) is 18.1. The van der Waals surface area contributed by atoms with Crippen LogP contribution in [0.3, 0.4) is 0 Å². The van der Waals surface area contributed by atoms with Crippen LogP contribution in [-0.2, 0) is 0 Å². The van der Waals surface area contributed by atoms with Crippen molar-refractivity contribution in [3.63, 3.8) is 0 Å². The van der Waals surface area contributed by atoms with E-state index in [-0.39, 0.29) is 0 Å². The summed E-state index contributed by atoms with van der Waals surface area (Å²) in [5.41, 5.74) is 17.9. The van der Waals surface area contributed by atoms with Crippen LogP contribution in [-0.4, -0.2) is 0 Å². The molecule has 0 unspecified atom stereocenters. The SMILES string of the molecule is CC(C)c1ccc(-c2cc3c4ccc(-c5ccc6c(c5)c(-c5ccc(C(C)C)cc5)cc5c7ccccc7c(-c7ccc(C(C)C)cc7)cc65)cc4c(-c4ccc(C(C)C)cc4)cc3c3ccccc23)cc1. The third-order valence-electron chi connectivity index (χ3n) is 15.8. The minimum atomic E-state index is 0.459. The molecular weight excluding hydrogens is 865 g/mol. The van der Waals surface area contributed by atoms with Crippen LogP contribution < -0.4 is 0 Å². The third kappa shape index (κ3) is 7.86. The number of benzene rings is 12. The highest BCUT2D eigenvalue weighted by Crippen LogP contribution is 2.46. The minimum Gasteiger partial charge on any atom is -0.0616 e. The van der Waals surface area contributed by atoms with E-state index < -0.39 is 0 Å². The maximum Gasteiger partial charge on any atom is -0.00923 e. The first-order valence-corrected chi connectivity index (χ1v) is 26.2. The summed E-state index contributed by atoms with van der Waals surface area (Å²) in [7, 11) is 0. The molecule has 0 atom stereocenters. The van der Waals surface area contributed by atoms with Crippen molar-refractivity contribution in [3.8, 4) is 55.6 Å². The molecule has 0 aliphatic carbocycles. The lowest BCUT2D eigenvalue weighted by atomic mass is 9.85. The maximum absolute atomic E-state index is 2.48. The number of hydrogen-bond donors (Lipinski definition) is 0. The van der Waals surface area contributed by atoms with Crippen LogP contribution in [0.4, 0.5) is 0 Å². The lowest BCUT2D eigenvalue weighted by molar-refractivity contribution is 0.867. The summed E-state index contributed by atoms with van der Waals surface area (Å²) in [6.45, 7) is 18.2. The van der Waals surface area contributed by atoms with Crippen molar-refractivity contribution in [2.45, 2.75) is 79.1 Å². The van der Waals surface area contributed by atoms with Crippen molar-refractivity contribution in [1.82, 2.24) is 0 Å². The quantitative estimate of drug-likeness (QED) is 0.127. The predicted octanol–water partition coefficient (Wildman–Crippen LogP) is 21.4. The van der Waals surface area contributed by atoms with Crippen molar-refractivity contribution in [1.29, 1.82) is 0 Å². The molecule has 0 aromatic heterocycles. The lowest BCUT2D eigenvalue weighted by Crippen LogP contribution is -1.92. The van der Waals surface area contributed by atoms with Gasteiger partial charge in [0.25, 0.3) is 0 Å². The zero-order valence-corrected chi connectivity index (χ0v) is 42.9. The fourth-order valence-corrected chi connectivity index (χ4v) is 11.5. The Morgan fingerprint density at radius 3 is 0.667 bits per heavy atom. The molecule has 0 aliphatic heterocycles. The first kappa shape index (κ1) is 45.3. The highest BCUT2D eigenvalue weighted by molar-refractivity contribution is 6.26. The summed E-state index contributed by atoms with van der Waals surface area (Å²) in [6, 6.07) is 79.5. The van der Waals surface area contributed by atoms with E-state index >= 15 is 0 Å². The van der Waals surface area contributed by atoms with Gasteiger partial charge in [0.05, 0.1) is 0 Å². The smallest absolute Gasteiger partial charge is 0.00923 e. The highest BCUT2D eigenvalue weighted by Gasteiger charge is 2.19. The Morgan fingerprint density at radius 1 is 0.181 bits per heavy atom. The second-order valence-electron chi connectivity index (χ2n) is 21.6. The van der Waals surface area contributed by atoms with E-state index in [0.29, 0.717) is 23.7 Å². The van der Waals surface area contributed by atoms with E-state index in [1.54, 1.807) is 0 Å². The average Bonchev–Trinajstić information content (AvgIpc) is 3.41. The van der Waals surface area contributed by atoms with E-state index in [9.17, 15) is 0 Å². The lowest BCUT2D eigenvalue weighted by Gasteiger charge is -2.19. The van der Waals surface area contributed by atoms with Gasteiger partial charge in [0.15, 0.2) is 0 Å². The zero-order chi connectivity index (χ0) is 49.4. The van der Waals surface area contributed by atoms with Crippen LogP contribution in [0.5, 0.6) is 0 Å². The molecule has 350 valence electrons.